The van der Waals surface area contributed by atoms with Crippen LogP contribution < -0.4 is 21.5 Å². The molecule has 1 heterocycles. The summed E-state index contributed by atoms with van der Waals surface area (Å²) in [5.41, 5.74) is 11.8. The van der Waals surface area contributed by atoms with Crippen molar-refractivity contribution in [2.45, 2.75) is 117 Å². The van der Waals surface area contributed by atoms with E-state index in [1.165, 1.54) is 0 Å². The molecule has 0 fully saturated rings. The van der Waals surface area contributed by atoms with Gasteiger partial charge in [0.1, 0.15) is 34.5 Å². The van der Waals surface area contributed by atoms with E-state index in [1.54, 1.807) is 18.2 Å². The molecule has 0 bridgehead atoms. The molecule has 0 spiro atoms. The van der Waals surface area contributed by atoms with E-state index in [-0.39, 0.29) is 12.1 Å². The molecule has 9 heteroatoms. The van der Waals surface area contributed by atoms with E-state index in [4.69, 9.17) is 25.7 Å². The van der Waals surface area contributed by atoms with Gasteiger partial charge < -0.3 is 31.0 Å². The van der Waals surface area contributed by atoms with Crippen LogP contribution in [0.25, 0.3) is 0 Å². The molecule has 2 rings (SSSR count). The molecule has 0 aromatic heterocycles. The van der Waals surface area contributed by atoms with Crippen LogP contribution in [-0.2, 0) is 14.3 Å². The molecule has 3 unspecified atom stereocenters. The molecule has 1 aromatic rings. The van der Waals surface area contributed by atoms with Gasteiger partial charge in [0.25, 0.3) is 0 Å². The number of hydrogen-bond acceptors (Lipinski definition) is 8. The SMILES string of the molecule is CCCCC(CC(C)(C)OC(=O)C(N)c1ccc2c(c1)N=C(N)C(C)O2)NC(=O)OC(C)(C)CC(C)C. The molecule has 9 nitrogen and oxygen atoms in total. The number of amidine groups is 1. The van der Waals surface area contributed by atoms with Crippen LogP contribution >= 0.6 is 0 Å². The van der Waals surface area contributed by atoms with Gasteiger partial charge >= 0.3 is 12.1 Å². The third-order valence-electron chi connectivity index (χ3n) is 6.18. The van der Waals surface area contributed by atoms with Crippen molar-refractivity contribution in [1.82, 2.24) is 5.32 Å². The van der Waals surface area contributed by atoms with Crippen molar-refractivity contribution in [2.75, 3.05) is 0 Å². The summed E-state index contributed by atoms with van der Waals surface area (Å²) in [5.74, 6) is 0.775. The average Bonchev–Trinajstić information content (AvgIpc) is 2.75. The molecule has 1 aliphatic rings. The fourth-order valence-electron chi connectivity index (χ4n) is 4.65. The first-order valence-corrected chi connectivity index (χ1v) is 13.2. The lowest BCUT2D eigenvalue weighted by Gasteiger charge is -2.32. The molecule has 1 aromatic carbocycles. The number of rotatable bonds is 12. The molecule has 1 aliphatic heterocycles. The average molecular weight is 519 g/mol. The number of unbranched alkanes of at least 4 members (excludes halogenated alkanes) is 1. The number of fused-ring (bicyclic) bond motifs is 1. The van der Waals surface area contributed by atoms with Crippen molar-refractivity contribution in [3.8, 4) is 5.75 Å². The Morgan fingerprint density at radius 2 is 1.78 bits per heavy atom. The number of nitrogens with one attached hydrogen (secondary N) is 1. The smallest absolute Gasteiger partial charge is 0.407 e. The van der Waals surface area contributed by atoms with Crippen LogP contribution in [-0.4, -0.2) is 41.2 Å². The van der Waals surface area contributed by atoms with Gasteiger partial charge in [0, 0.05) is 12.5 Å². The molecule has 0 aliphatic carbocycles. The minimum atomic E-state index is -1.01. The van der Waals surface area contributed by atoms with Crippen molar-refractivity contribution in [3.63, 3.8) is 0 Å². The van der Waals surface area contributed by atoms with E-state index in [1.807, 2.05) is 34.6 Å². The van der Waals surface area contributed by atoms with Gasteiger partial charge in [-0.2, -0.15) is 0 Å². The molecule has 208 valence electrons. The Kier molecular flexibility index (Phi) is 10.4. The minimum absolute atomic E-state index is 0.221. The highest BCUT2D eigenvalue weighted by Gasteiger charge is 2.32. The number of nitrogens with two attached hydrogens (primary N) is 2. The highest BCUT2D eigenvalue weighted by Crippen LogP contribution is 2.34. The second kappa shape index (κ2) is 12.6. The van der Waals surface area contributed by atoms with Crippen molar-refractivity contribution < 1.29 is 23.8 Å². The molecule has 3 atom stereocenters. The van der Waals surface area contributed by atoms with Gasteiger partial charge in [0.15, 0.2) is 6.10 Å². The molecule has 37 heavy (non-hydrogen) atoms. The highest BCUT2D eigenvalue weighted by atomic mass is 16.6. The summed E-state index contributed by atoms with van der Waals surface area (Å²) in [6, 6.07) is 3.91. The van der Waals surface area contributed by atoms with Gasteiger partial charge in [-0.05, 0) is 71.1 Å². The van der Waals surface area contributed by atoms with E-state index in [0.29, 0.717) is 35.2 Å². The maximum atomic E-state index is 13.0. The van der Waals surface area contributed by atoms with Crippen LogP contribution in [0.2, 0.25) is 0 Å². The maximum Gasteiger partial charge on any atom is 0.407 e. The Morgan fingerprint density at radius 3 is 2.41 bits per heavy atom. The first kappa shape index (κ1) is 30.4. The predicted molar refractivity (Wildman–Crippen MR) is 146 cm³/mol. The van der Waals surface area contributed by atoms with E-state index in [2.05, 4.69) is 31.1 Å². The van der Waals surface area contributed by atoms with Crippen molar-refractivity contribution >= 4 is 23.6 Å². The van der Waals surface area contributed by atoms with E-state index in [0.717, 1.165) is 25.7 Å². The summed E-state index contributed by atoms with van der Waals surface area (Å²) < 4.78 is 17.3. The standard InChI is InChI=1S/C28H46N4O5/c1-9-10-11-20(31-26(34)37-27(5,6)15-17(2)3)16-28(7,8)36-25(33)23(29)19-12-13-22-21(14-19)32-24(30)18(4)35-22/h12-14,17-18,20,23H,9-11,15-16,29H2,1-8H3,(H2,30,32)(H,31,34). The topological polar surface area (TPSA) is 138 Å². The summed E-state index contributed by atoms with van der Waals surface area (Å²) in [5, 5.41) is 2.99. The zero-order valence-electron chi connectivity index (χ0n) is 23.7. The van der Waals surface area contributed by atoms with E-state index >= 15 is 0 Å². The minimum Gasteiger partial charge on any atom is -0.481 e. The number of nitrogens with zero attached hydrogens (tertiary/aromatic N) is 1. The van der Waals surface area contributed by atoms with Crippen LogP contribution in [0, 0.1) is 5.92 Å². The number of hydrogen-bond donors (Lipinski definition) is 3. The molecule has 0 saturated carbocycles. The molecule has 0 radical (unpaired) electrons. The van der Waals surface area contributed by atoms with E-state index in [9.17, 15) is 9.59 Å². The number of carbonyl (C=O) groups is 2. The molecular weight excluding hydrogens is 472 g/mol. The number of carbonyl (C=O) groups excluding carboxylic acids is 2. The Labute approximate surface area is 221 Å². The van der Waals surface area contributed by atoms with Gasteiger partial charge in [-0.15, -0.1) is 0 Å². The van der Waals surface area contributed by atoms with Crippen LogP contribution in [0.5, 0.6) is 5.75 Å². The Hall–Kier alpha value is -2.81. The van der Waals surface area contributed by atoms with Crippen LogP contribution in [0.15, 0.2) is 23.2 Å². The second-order valence-electron chi connectivity index (χ2n) is 11.6. The first-order valence-electron chi connectivity index (χ1n) is 13.2. The zero-order valence-corrected chi connectivity index (χ0v) is 23.7. The van der Waals surface area contributed by atoms with Crippen molar-refractivity contribution in [2.24, 2.45) is 22.4 Å². The summed E-state index contributed by atoms with van der Waals surface area (Å²) in [6.07, 6.45) is 3.04. The molecular formula is C28H46N4O5. The summed E-state index contributed by atoms with van der Waals surface area (Å²) in [6.45, 7) is 15.6. The molecule has 1 amide bonds. The lowest BCUT2D eigenvalue weighted by molar-refractivity contribution is -0.159. The number of alkyl carbamates (subject to hydrolysis) is 1. The van der Waals surface area contributed by atoms with Crippen LogP contribution in [0.3, 0.4) is 0 Å². The summed E-state index contributed by atoms with van der Waals surface area (Å²) in [4.78, 5) is 30.0. The molecule has 0 saturated heterocycles. The third-order valence-corrected chi connectivity index (χ3v) is 6.18. The van der Waals surface area contributed by atoms with Crippen LogP contribution in [0.1, 0.15) is 99.1 Å². The number of amides is 1. The normalized spacial score (nSPS) is 17.2. The number of aliphatic imine (C=N–C) groups is 1. The predicted octanol–water partition coefficient (Wildman–Crippen LogP) is 5.28. The van der Waals surface area contributed by atoms with Crippen LogP contribution in [0.4, 0.5) is 10.5 Å². The Morgan fingerprint density at radius 1 is 1.14 bits per heavy atom. The fourth-order valence-corrected chi connectivity index (χ4v) is 4.65. The molecule has 5 N–H and O–H groups in total. The number of benzene rings is 1. The fraction of sp³-hybridized carbons (Fsp3) is 0.679. The first-order chi connectivity index (χ1) is 17.1. The maximum absolute atomic E-state index is 13.0. The number of esters is 1. The third kappa shape index (κ3) is 9.54. The van der Waals surface area contributed by atoms with Gasteiger partial charge in [-0.1, -0.05) is 39.7 Å². The Bertz CT molecular complexity index is 973. The van der Waals surface area contributed by atoms with Crippen molar-refractivity contribution in [1.29, 1.82) is 0 Å². The largest absolute Gasteiger partial charge is 0.481 e. The van der Waals surface area contributed by atoms with Gasteiger partial charge in [-0.3, -0.25) is 0 Å². The highest BCUT2D eigenvalue weighted by molar-refractivity contribution is 5.90. The van der Waals surface area contributed by atoms with Gasteiger partial charge in [0.2, 0.25) is 0 Å². The van der Waals surface area contributed by atoms with E-state index < -0.39 is 29.3 Å². The van der Waals surface area contributed by atoms with Crippen molar-refractivity contribution in [3.05, 3.63) is 23.8 Å². The zero-order chi connectivity index (χ0) is 28.0. The summed E-state index contributed by atoms with van der Waals surface area (Å²) >= 11 is 0. The lowest BCUT2D eigenvalue weighted by Crippen LogP contribution is -2.45. The Balaban J connectivity index is 2.05. The van der Waals surface area contributed by atoms with Gasteiger partial charge in [0.05, 0.1) is 0 Å². The lowest BCUT2D eigenvalue weighted by atomic mass is 9.94. The second-order valence-corrected chi connectivity index (χ2v) is 11.6. The summed E-state index contributed by atoms with van der Waals surface area (Å²) in [7, 11) is 0. The quantitative estimate of drug-likeness (QED) is 0.320. The van der Waals surface area contributed by atoms with Gasteiger partial charge in [-0.25, -0.2) is 14.6 Å². The monoisotopic (exact) mass is 518 g/mol. The number of ether oxygens (including phenoxy) is 3.